The summed E-state index contributed by atoms with van der Waals surface area (Å²) in [5, 5.41) is 15.1. The van der Waals surface area contributed by atoms with Gasteiger partial charge in [-0.15, -0.1) is 0 Å². The standard InChI is InChI=1S/C26H36N6O5/c1-16(2)11-20(30-23(33)19(27)13-18-14-28-15-29-18)25(35)32-10-6-9-22(32)24(34)31-21(26(36)37)12-17-7-4-3-5-8-17/h3-5,7-8,14-16,19-22H,6,9-13,27H2,1-2H3,(H,28,29)(H,30,33)(H,31,34)(H,36,37). The van der Waals surface area contributed by atoms with Crippen molar-refractivity contribution in [1.82, 2.24) is 25.5 Å². The maximum atomic E-state index is 13.5. The van der Waals surface area contributed by atoms with Crippen LogP contribution in [-0.4, -0.2) is 74.4 Å². The highest BCUT2D eigenvalue weighted by Crippen LogP contribution is 2.21. The number of aromatic nitrogens is 2. The molecule has 3 amide bonds. The largest absolute Gasteiger partial charge is 0.480 e. The van der Waals surface area contributed by atoms with Crippen LogP contribution in [0.25, 0.3) is 0 Å². The molecule has 1 aliphatic heterocycles. The number of aliphatic carboxylic acids is 1. The molecule has 0 bridgehead atoms. The van der Waals surface area contributed by atoms with Crippen LogP contribution in [0, 0.1) is 5.92 Å². The molecule has 200 valence electrons. The van der Waals surface area contributed by atoms with Gasteiger partial charge in [-0.2, -0.15) is 0 Å². The predicted molar refractivity (Wildman–Crippen MR) is 136 cm³/mol. The summed E-state index contributed by atoms with van der Waals surface area (Å²) in [6.07, 6.45) is 4.83. The number of H-pyrrole nitrogens is 1. The van der Waals surface area contributed by atoms with Gasteiger partial charge in [0, 0.05) is 31.3 Å². The molecule has 2 heterocycles. The van der Waals surface area contributed by atoms with E-state index in [0.29, 0.717) is 31.5 Å². The second kappa shape index (κ2) is 13.0. The Kier molecular flexibility index (Phi) is 9.78. The summed E-state index contributed by atoms with van der Waals surface area (Å²) < 4.78 is 0. The first-order valence-corrected chi connectivity index (χ1v) is 12.6. The van der Waals surface area contributed by atoms with Crippen LogP contribution in [0.15, 0.2) is 42.9 Å². The molecule has 0 saturated carbocycles. The molecule has 0 spiro atoms. The van der Waals surface area contributed by atoms with Crippen LogP contribution in [0.1, 0.15) is 44.4 Å². The van der Waals surface area contributed by atoms with E-state index < -0.39 is 42.0 Å². The van der Waals surface area contributed by atoms with Gasteiger partial charge in [0.25, 0.3) is 0 Å². The summed E-state index contributed by atoms with van der Waals surface area (Å²) in [4.78, 5) is 59.6. The number of nitrogens with one attached hydrogen (secondary N) is 3. The van der Waals surface area contributed by atoms with E-state index >= 15 is 0 Å². The van der Waals surface area contributed by atoms with Gasteiger partial charge in [-0.25, -0.2) is 9.78 Å². The Balaban J connectivity index is 1.67. The first-order valence-electron chi connectivity index (χ1n) is 12.6. The zero-order valence-electron chi connectivity index (χ0n) is 21.2. The highest BCUT2D eigenvalue weighted by molar-refractivity contribution is 5.94. The number of carbonyl (C=O) groups excluding carboxylic acids is 3. The number of carboxylic acids is 1. The first-order chi connectivity index (χ1) is 17.7. The molecule has 4 atom stereocenters. The first kappa shape index (κ1) is 27.9. The molecule has 1 saturated heterocycles. The van der Waals surface area contributed by atoms with Gasteiger partial charge in [-0.1, -0.05) is 44.2 Å². The van der Waals surface area contributed by atoms with Crippen molar-refractivity contribution in [2.75, 3.05) is 6.54 Å². The molecule has 11 heteroatoms. The number of amides is 3. The van der Waals surface area contributed by atoms with Crippen molar-refractivity contribution >= 4 is 23.7 Å². The average Bonchev–Trinajstić information content (AvgIpc) is 3.55. The highest BCUT2D eigenvalue weighted by Gasteiger charge is 2.39. The Labute approximate surface area is 216 Å². The molecule has 3 rings (SSSR count). The zero-order chi connectivity index (χ0) is 26.9. The van der Waals surface area contributed by atoms with Gasteiger partial charge in [-0.05, 0) is 30.7 Å². The van der Waals surface area contributed by atoms with Gasteiger partial charge < -0.3 is 31.4 Å². The second-order valence-corrected chi connectivity index (χ2v) is 9.86. The summed E-state index contributed by atoms with van der Waals surface area (Å²) in [5.74, 6) is -2.41. The lowest BCUT2D eigenvalue weighted by molar-refractivity contribution is -0.145. The van der Waals surface area contributed by atoms with Crippen LogP contribution in [-0.2, 0) is 32.0 Å². The van der Waals surface area contributed by atoms with E-state index in [4.69, 9.17) is 5.73 Å². The number of imidazole rings is 1. The fraction of sp³-hybridized carbons (Fsp3) is 0.500. The van der Waals surface area contributed by atoms with Crippen LogP contribution >= 0.6 is 0 Å². The number of hydrogen-bond acceptors (Lipinski definition) is 6. The number of carboxylic acid groups (broad SMARTS) is 1. The number of aromatic amines is 1. The monoisotopic (exact) mass is 512 g/mol. The lowest BCUT2D eigenvalue weighted by Crippen LogP contribution is -2.57. The lowest BCUT2D eigenvalue weighted by atomic mass is 10.0. The second-order valence-electron chi connectivity index (χ2n) is 9.86. The fourth-order valence-corrected chi connectivity index (χ4v) is 4.52. The molecular formula is C26H36N6O5. The molecule has 6 N–H and O–H groups in total. The number of rotatable bonds is 12. The van der Waals surface area contributed by atoms with E-state index in [-0.39, 0.29) is 24.7 Å². The maximum Gasteiger partial charge on any atom is 0.326 e. The maximum absolute atomic E-state index is 13.5. The minimum atomic E-state index is -1.15. The van der Waals surface area contributed by atoms with Gasteiger partial charge in [0.05, 0.1) is 12.4 Å². The molecule has 1 aromatic carbocycles. The zero-order valence-corrected chi connectivity index (χ0v) is 21.2. The number of nitrogens with two attached hydrogens (primary N) is 1. The van der Waals surface area contributed by atoms with E-state index in [1.54, 1.807) is 30.5 Å². The Bertz CT molecular complexity index is 1060. The van der Waals surface area contributed by atoms with Crippen LogP contribution in [0.2, 0.25) is 0 Å². The van der Waals surface area contributed by atoms with Crippen LogP contribution < -0.4 is 16.4 Å². The number of benzene rings is 1. The fourth-order valence-electron chi connectivity index (χ4n) is 4.52. The van der Waals surface area contributed by atoms with Crippen molar-refractivity contribution in [3.63, 3.8) is 0 Å². The molecule has 1 aromatic heterocycles. The van der Waals surface area contributed by atoms with Crippen LogP contribution in [0.4, 0.5) is 0 Å². The van der Waals surface area contributed by atoms with Crippen molar-refractivity contribution in [1.29, 1.82) is 0 Å². The molecule has 0 aliphatic carbocycles. The Hall–Kier alpha value is -3.73. The third kappa shape index (κ3) is 7.88. The number of likely N-dealkylation sites (tertiary alicyclic amines) is 1. The minimum absolute atomic E-state index is 0.0928. The van der Waals surface area contributed by atoms with Crippen molar-refractivity contribution < 1.29 is 24.3 Å². The summed E-state index contributed by atoms with van der Waals surface area (Å²) in [6, 6.07) is 5.36. The summed E-state index contributed by atoms with van der Waals surface area (Å²) >= 11 is 0. The third-order valence-electron chi connectivity index (χ3n) is 6.39. The van der Waals surface area contributed by atoms with Gasteiger partial charge in [-0.3, -0.25) is 14.4 Å². The molecule has 0 radical (unpaired) electrons. The van der Waals surface area contributed by atoms with E-state index in [9.17, 15) is 24.3 Å². The van der Waals surface area contributed by atoms with Crippen molar-refractivity contribution in [2.45, 2.75) is 70.1 Å². The Morgan fingerprint density at radius 2 is 1.86 bits per heavy atom. The van der Waals surface area contributed by atoms with Gasteiger partial charge in [0.15, 0.2) is 0 Å². The molecule has 1 aliphatic rings. The molecule has 2 aromatic rings. The lowest BCUT2D eigenvalue weighted by Gasteiger charge is -2.30. The highest BCUT2D eigenvalue weighted by atomic mass is 16.4. The van der Waals surface area contributed by atoms with Crippen LogP contribution in [0.3, 0.4) is 0 Å². The van der Waals surface area contributed by atoms with Crippen molar-refractivity contribution in [3.8, 4) is 0 Å². The Morgan fingerprint density at radius 1 is 1.14 bits per heavy atom. The van der Waals surface area contributed by atoms with Crippen LogP contribution in [0.5, 0.6) is 0 Å². The third-order valence-corrected chi connectivity index (χ3v) is 6.39. The van der Waals surface area contributed by atoms with E-state index in [1.165, 1.54) is 11.2 Å². The van der Waals surface area contributed by atoms with Gasteiger partial charge >= 0.3 is 5.97 Å². The van der Waals surface area contributed by atoms with E-state index in [1.807, 2.05) is 19.9 Å². The normalized spacial score (nSPS) is 17.7. The number of hydrogen-bond donors (Lipinski definition) is 5. The topological polar surface area (TPSA) is 171 Å². The van der Waals surface area contributed by atoms with Gasteiger partial charge in [0.2, 0.25) is 17.7 Å². The quantitative estimate of drug-likeness (QED) is 0.277. The molecule has 11 nitrogen and oxygen atoms in total. The summed E-state index contributed by atoms with van der Waals surface area (Å²) in [5.41, 5.74) is 7.54. The van der Waals surface area contributed by atoms with Gasteiger partial charge in [0.1, 0.15) is 18.1 Å². The smallest absolute Gasteiger partial charge is 0.326 e. The summed E-state index contributed by atoms with van der Waals surface area (Å²) in [6.45, 7) is 4.22. The molecule has 4 unspecified atom stereocenters. The molecule has 37 heavy (non-hydrogen) atoms. The van der Waals surface area contributed by atoms with E-state index in [2.05, 4.69) is 20.6 Å². The summed E-state index contributed by atoms with van der Waals surface area (Å²) in [7, 11) is 0. The predicted octanol–water partition coefficient (Wildman–Crippen LogP) is 0.614. The average molecular weight is 513 g/mol. The minimum Gasteiger partial charge on any atom is -0.480 e. The van der Waals surface area contributed by atoms with Crippen molar-refractivity contribution in [2.24, 2.45) is 11.7 Å². The SMILES string of the molecule is CC(C)CC(NC(=O)C(N)Cc1cnc[nH]1)C(=O)N1CCCC1C(=O)NC(Cc1ccccc1)C(=O)O. The number of nitrogens with zero attached hydrogens (tertiary/aromatic N) is 2. The van der Waals surface area contributed by atoms with Crippen molar-refractivity contribution in [3.05, 3.63) is 54.1 Å². The molecule has 1 fully saturated rings. The van der Waals surface area contributed by atoms with E-state index in [0.717, 1.165) is 5.56 Å². The number of carbonyl (C=O) groups is 4. The molecular weight excluding hydrogens is 476 g/mol. The Morgan fingerprint density at radius 3 is 2.49 bits per heavy atom.